The summed E-state index contributed by atoms with van der Waals surface area (Å²) in [5, 5.41) is 19.0. The Morgan fingerprint density at radius 3 is 2.22 bits per heavy atom. The fourth-order valence-electron chi connectivity index (χ4n) is 5.47. The molecule has 0 spiro atoms. The second kappa shape index (κ2) is 18.5. The molecule has 1 heterocycles. The highest BCUT2D eigenvalue weighted by Gasteiger charge is 2.42. The Kier molecular flexibility index (Phi) is 15.6. The van der Waals surface area contributed by atoms with Crippen molar-refractivity contribution >= 4 is 83.7 Å². The first kappa shape index (κ1) is 45.7. The number of aliphatic hydroxyl groups is 1. The number of halogens is 3. The molecule has 2 aromatic rings. The van der Waals surface area contributed by atoms with Crippen LogP contribution in [0.2, 0.25) is 18.1 Å². The highest BCUT2D eigenvalue weighted by molar-refractivity contribution is 6.74. The van der Waals surface area contributed by atoms with Crippen molar-refractivity contribution < 1.29 is 33.4 Å². The summed E-state index contributed by atoms with van der Waals surface area (Å²) in [4.78, 5) is 54.0. The van der Waals surface area contributed by atoms with Crippen LogP contribution in [-0.4, -0.2) is 83.8 Å². The molecule has 1 fully saturated rings. The standard InChI is InChI=1S/C39H57Cl3N4O7Si/c1-24(2)32(33(48)43-25(3)34(49)46-19-11-12-31(45-46)35(50)52-23-39(40,41)42)44-36(51)38(8,22-53-54(9,10)37(5,6)7)18-17-27-13-14-28-15-16-29(26(4)47)21-30(28)20-27/h13-18,20-21,24-26,31-32,45,47H,11-12,19,22-23H2,1-10H3,(H,43,48)(H,44,51)/b18-17+/t25-,26+,31-,32-,38?/m0/s1. The molecule has 300 valence electrons. The largest absolute Gasteiger partial charge is 0.460 e. The van der Waals surface area contributed by atoms with E-state index in [-0.39, 0.29) is 17.6 Å². The first-order valence-corrected chi connectivity index (χ1v) is 22.3. The Hall–Kier alpha value is -2.71. The molecule has 2 aromatic carbocycles. The fraction of sp³-hybridized carbons (Fsp3) is 0.590. The van der Waals surface area contributed by atoms with Crippen LogP contribution in [0, 0.1) is 11.3 Å². The maximum atomic E-state index is 14.3. The number of fused-ring (bicyclic) bond motifs is 1. The zero-order valence-electron chi connectivity index (χ0n) is 33.0. The lowest BCUT2D eigenvalue weighted by atomic mass is 9.88. The van der Waals surface area contributed by atoms with Crippen LogP contribution in [0.5, 0.6) is 0 Å². The Bertz CT molecular complexity index is 1690. The smallest absolute Gasteiger partial charge is 0.325 e. The molecular weight excluding hydrogens is 771 g/mol. The molecule has 0 aliphatic carbocycles. The fourth-order valence-corrected chi connectivity index (χ4v) is 6.73. The van der Waals surface area contributed by atoms with Gasteiger partial charge < -0.3 is 24.9 Å². The maximum Gasteiger partial charge on any atom is 0.325 e. The van der Waals surface area contributed by atoms with Crippen molar-refractivity contribution in [1.29, 1.82) is 0 Å². The first-order chi connectivity index (χ1) is 24.8. The van der Waals surface area contributed by atoms with E-state index in [2.05, 4.69) is 49.9 Å². The second-order valence-electron chi connectivity index (χ2n) is 16.3. The van der Waals surface area contributed by atoms with Crippen molar-refractivity contribution in [2.75, 3.05) is 19.8 Å². The van der Waals surface area contributed by atoms with Crippen LogP contribution in [0.1, 0.15) is 85.5 Å². The summed E-state index contributed by atoms with van der Waals surface area (Å²) in [6.07, 6.45) is 3.99. The minimum absolute atomic E-state index is 0.0821. The van der Waals surface area contributed by atoms with Crippen molar-refractivity contribution in [3.05, 3.63) is 53.6 Å². The quantitative estimate of drug-likeness (QED) is 0.0907. The highest BCUT2D eigenvalue weighted by atomic mass is 35.6. The molecule has 5 atom stereocenters. The monoisotopic (exact) mass is 826 g/mol. The number of hydrazine groups is 1. The van der Waals surface area contributed by atoms with Gasteiger partial charge in [-0.1, -0.05) is 106 Å². The number of ether oxygens (including phenoxy) is 1. The molecule has 3 rings (SSSR count). The Morgan fingerprint density at radius 1 is 0.981 bits per heavy atom. The normalized spacial score (nSPS) is 18.6. The van der Waals surface area contributed by atoms with Gasteiger partial charge in [-0.15, -0.1) is 0 Å². The van der Waals surface area contributed by atoms with Crippen molar-refractivity contribution in [3.63, 3.8) is 0 Å². The summed E-state index contributed by atoms with van der Waals surface area (Å²) in [6, 6.07) is 8.96. The molecule has 54 heavy (non-hydrogen) atoms. The average Bonchev–Trinajstić information content (AvgIpc) is 3.09. The van der Waals surface area contributed by atoms with E-state index < -0.39 is 72.1 Å². The maximum absolute atomic E-state index is 14.3. The number of carbonyl (C=O) groups excluding carboxylic acids is 4. The van der Waals surface area contributed by atoms with Gasteiger partial charge in [-0.25, -0.2) is 5.43 Å². The molecule has 0 radical (unpaired) electrons. The van der Waals surface area contributed by atoms with Crippen molar-refractivity contribution in [1.82, 2.24) is 21.1 Å². The van der Waals surface area contributed by atoms with E-state index in [9.17, 15) is 24.3 Å². The van der Waals surface area contributed by atoms with Gasteiger partial charge in [-0.3, -0.25) is 24.2 Å². The van der Waals surface area contributed by atoms with E-state index in [1.807, 2.05) is 62.4 Å². The SMILES string of the molecule is CC(C)[C@H](NC(=O)C(C)(/C=C/c1ccc2ccc([C@@H](C)O)cc2c1)CO[Si](C)(C)C(C)(C)C)C(=O)N[C@@H](C)C(=O)N1CCC[C@@H](C(=O)OCC(Cl)(Cl)Cl)N1. The van der Waals surface area contributed by atoms with E-state index in [0.29, 0.717) is 19.4 Å². The predicted octanol–water partition coefficient (Wildman–Crippen LogP) is 6.99. The number of amides is 3. The van der Waals surface area contributed by atoms with Crippen LogP contribution >= 0.6 is 34.8 Å². The molecule has 3 amide bonds. The van der Waals surface area contributed by atoms with Crippen molar-refractivity contribution in [2.24, 2.45) is 11.3 Å². The van der Waals surface area contributed by atoms with E-state index in [4.69, 9.17) is 44.0 Å². The molecule has 1 unspecified atom stereocenters. The van der Waals surface area contributed by atoms with Crippen LogP contribution < -0.4 is 16.1 Å². The molecule has 15 heteroatoms. The zero-order chi connectivity index (χ0) is 40.8. The van der Waals surface area contributed by atoms with Gasteiger partial charge in [-0.2, -0.15) is 0 Å². The van der Waals surface area contributed by atoms with Gasteiger partial charge in [0, 0.05) is 6.54 Å². The first-order valence-electron chi connectivity index (χ1n) is 18.3. The van der Waals surface area contributed by atoms with Crippen LogP contribution in [-0.2, 0) is 28.3 Å². The molecule has 0 bridgehead atoms. The summed E-state index contributed by atoms with van der Waals surface area (Å²) < 4.78 is 9.90. The number of nitrogens with one attached hydrogen (secondary N) is 3. The van der Waals surface area contributed by atoms with Gasteiger partial charge in [-0.05, 0) is 91.7 Å². The van der Waals surface area contributed by atoms with Gasteiger partial charge in [0.15, 0.2) is 8.32 Å². The number of carbonyl (C=O) groups is 4. The van der Waals surface area contributed by atoms with E-state index in [1.165, 1.54) is 5.01 Å². The minimum atomic E-state index is -2.29. The van der Waals surface area contributed by atoms with Crippen LogP contribution in [0.15, 0.2) is 42.5 Å². The molecule has 1 aliphatic heterocycles. The summed E-state index contributed by atoms with van der Waals surface area (Å²) in [5.74, 6) is -2.41. The Balaban J connectivity index is 1.81. The summed E-state index contributed by atoms with van der Waals surface area (Å²) in [5.41, 5.74) is 3.34. The Morgan fingerprint density at radius 2 is 1.63 bits per heavy atom. The summed E-state index contributed by atoms with van der Waals surface area (Å²) in [7, 11) is -2.29. The Labute approximate surface area is 335 Å². The van der Waals surface area contributed by atoms with Crippen LogP contribution in [0.4, 0.5) is 0 Å². The number of rotatable bonds is 14. The van der Waals surface area contributed by atoms with Gasteiger partial charge in [0.25, 0.3) is 5.91 Å². The van der Waals surface area contributed by atoms with Gasteiger partial charge in [0.1, 0.15) is 24.7 Å². The van der Waals surface area contributed by atoms with Crippen molar-refractivity contribution in [3.8, 4) is 0 Å². The molecule has 1 saturated heterocycles. The van der Waals surface area contributed by atoms with Crippen molar-refractivity contribution in [2.45, 2.75) is 114 Å². The molecule has 4 N–H and O–H groups in total. The topological polar surface area (TPSA) is 146 Å². The molecule has 11 nitrogen and oxygen atoms in total. The number of aliphatic hydroxyl groups excluding tert-OH is 1. The number of hydrogen-bond donors (Lipinski definition) is 4. The minimum Gasteiger partial charge on any atom is -0.460 e. The third kappa shape index (κ3) is 12.7. The second-order valence-corrected chi connectivity index (χ2v) is 23.6. The van der Waals surface area contributed by atoms with E-state index in [0.717, 1.165) is 21.9 Å². The predicted molar refractivity (Wildman–Crippen MR) is 218 cm³/mol. The lowest BCUT2D eigenvalue weighted by Crippen LogP contribution is -2.61. The number of alkyl halides is 3. The lowest BCUT2D eigenvalue weighted by molar-refractivity contribution is -0.152. The zero-order valence-corrected chi connectivity index (χ0v) is 36.3. The summed E-state index contributed by atoms with van der Waals surface area (Å²) in [6.45, 7) is 19.2. The third-order valence-corrected chi connectivity index (χ3v) is 15.0. The van der Waals surface area contributed by atoms with Gasteiger partial charge in [0.2, 0.25) is 15.6 Å². The number of benzene rings is 2. The lowest BCUT2D eigenvalue weighted by Gasteiger charge is -2.39. The third-order valence-electron chi connectivity index (χ3n) is 10.2. The summed E-state index contributed by atoms with van der Waals surface area (Å²) >= 11 is 17.1. The molecule has 1 aliphatic rings. The van der Waals surface area contributed by atoms with Crippen LogP contribution in [0.25, 0.3) is 16.8 Å². The van der Waals surface area contributed by atoms with E-state index >= 15 is 0 Å². The highest BCUT2D eigenvalue weighted by Crippen LogP contribution is 2.38. The average molecular weight is 828 g/mol. The van der Waals surface area contributed by atoms with E-state index in [1.54, 1.807) is 20.8 Å². The van der Waals surface area contributed by atoms with Gasteiger partial charge in [0.05, 0.1) is 18.1 Å². The van der Waals surface area contributed by atoms with Crippen LogP contribution in [0.3, 0.4) is 0 Å². The molecule has 0 saturated carbocycles. The number of nitrogens with zero attached hydrogens (tertiary/aromatic N) is 1. The number of esters is 1. The molecule has 0 aromatic heterocycles. The molecular formula is C39H57Cl3N4O7Si. The van der Waals surface area contributed by atoms with Gasteiger partial charge >= 0.3 is 5.97 Å². The number of hydrogen-bond acceptors (Lipinski definition) is 8.